The Morgan fingerprint density at radius 1 is 1.12 bits per heavy atom. The molecule has 0 bridgehead atoms. The second kappa shape index (κ2) is 14.3. The second-order valence-corrected chi connectivity index (χ2v) is 7.91. The third-order valence-corrected chi connectivity index (χ3v) is 5.28. The van der Waals surface area contributed by atoms with E-state index in [1.165, 1.54) is 25.6 Å². The molecule has 1 aliphatic carbocycles. The molecule has 1 aliphatic rings. The van der Waals surface area contributed by atoms with Crippen molar-refractivity contribution < 1.29 is 14.3 Å². The largest absolute Gasteiger partial charge is 0.481 e. The van der Waals surface area contributed by atoms with Crippen LogP contribution in [0.5, 0.6) is 5.88 Å². The van der Waals surface area contributed by atoms with Crippen molar-refractivity contribution in [2.24, 2.45) is 16.9 Å². The SMILES string of the molecule is C=O.CC1(CCN)CC1.COc1cc(-c2cccc(-c3cc(N)cnc3C)c2)ncn1.NC=O. The Morgan fingerprint density at radius 3 is 2.32 bits per heavy atom. The van der Waals surface area contributed by atoms with Gasteiger partial charge in [0, 0.05) is 22.9 Å². The number of anilines is 1. The van der Waals surface area contributed by atoms with E-state index in [0.717, 1.165) is 34.6 Å². The predicted molar refractivity (Wildman–Crippen MR) is 135 cm³/mol. The molecule has 9 heteroatoms. The number of rotatable bonds is 5. The maximum Gasteiger partial charge on any atom is 0.216 e. The van der Waals surface area contributed by atoms with E-state index in [4.69, 9.17) is 25.8 Å². The molecule has 1 fully saturated rings. The molecule has 6 N–H and O–H groups in total. The lowest BCUT2D eigenvalue weighted by molar-refractivity contribution is -0.107. The first-order chi connectivity index (χ1) is 16.4. The van der Waals surface area contributed by atoms with Gasteiger partial charge >= 0.3 is 0 Å². The van der Waals surface area contributed by atoms with E-state index in [1.807, 2.05) is 44.0 Å². The summed E-state index contributed by atoms with van der Waals surface area (Å²) in [7, 11) is 1.59. The predicted octanol–water partition coefficient (Wildman–Crippen LogP) is 3.16. The fourth-order valence-electron chi connectivity index (χ4n) is 3.11. The highest BCUT2D eigenvalue weighted by atomic mass is 16.5. The smallest absolute Gasteiger partial charge is 0.216 e. The van der Waals surface area contributed by atoms with Crippen LogP contribution in [0.4, 0.5) is 5.69 Å². The zero-order valence-corrected chi connectivity index (χ0v) is 20.0. The highest BCUT2D eigenvalue weighted by molar-refractivity contribution is 5.74. The minimum absolute atomic E-state index is 0.250. The third-order valence-electron chi connectivity index (χ3n) is 5.28. The number of primary amides is 1. The summed E-state index contributed by atoms with van der Waals surface area (Å²) >= 11 is 0. The molecule has 182 valence electrons. The summed E-state index contributed by atoms with van der Waals surface area (Å²) in [6, 6.07) is 11.8. The highest BCUT2D eigenvalue weighted by Gasteiger charge is 2.35. The number of nitrogens with zero attached hydrogens (tertiary/aromatic N) is 3. The molecule has 0 spiro atoms. The highest BCUT2D eigenvalue weighted by Crippen LogP contribution is 2.47. The molecule has 2 heterocycles. The summed E-state index contributed by atoms with van der Waals surface area (Å²) in [6.45, 7) is 7.14. The lowest BCUT2D eigenvalue weighted by Gasteiger charge is -2.09. The number of ether oxygens (including phenoxy) is 1. The Morgan fingerprint density at radius 2 is 1.76 bits per heavy atom. The van der Waals surface area contributed by atoms with Gasteiger partial charge < -0.3 is 26.7 Å². The van der Waals surface area contributed by atoms with E-state index in [-0.39, 0.29) is 6.41 Å². The molecular weight excluding hydrogens is 432 g/mol. The van der Waals surface area contributed by atoms with Gasteiger partial charge in [-0.3, -0.25) is 9.78 Å². The molecule has 9 nitrogen and oxygen atoms in total. The van der Waals surface area contributed by atoms with Crippen LogP contribution in [0.1, 0.15) is 31.9 Å². The second-order valence-electron chi connectivity index (χ2n) is 7.91. The van der Waals surface area contributed by atoms with Crippen LogP contribution in [0.3, 0.4) is 0 Å². The van der Waals surface area contributed by atoms with Crippen molar-refractivity contribution in [2.45, 2.75) is 33.1 Å². The molecule has 0 unspecified atom stereocenters. The number of amides is 1. The molecule has 0 atom stereocenters. The van der Waals surface area contributed by atoms with Gasteiger partial charge in [-0.1, -0.05) is 25.1 Å². The summed E-state index contributed by atoms with van der Waals surface area (Å²) in [5.74, 6) is 0.539. The van der Waals surface area contributed by atoms with Crippen LogP contribution in [0.15, 0.2) is 48.9 Å². The number of nitrogen functional groups attached to an aromatic ring is 1. The van der Waals surface area contributed by atoms with Crippen molar-refractivity contribution >= 4 is 18.9 Å². The van der Waals surface area contributed by atoms with Crippen LogP contribution in [-0.4, -0.2) is 41.8 Å². The van der Waals surface area contributed by atoms with Gasteiger partial charge in [0.2, 0.25) is 12.3 Å². The molecule has 2 aromatic heterocycles. The van der Waals surface area contributed by atoms with E-state index in [9.17, 15) is 0 Å². The number of pyridine rings is 1. The lowest BCUT2D eigenvalue weighted by atomic mass is 10.0. The van der Waals surface area contributed by atoms with Crippen molar-refractivity contribution in [1.82, 2.24) is 15.0 Å². The molecule has 4 rings (SSSR count). The van der Waals surface area contributed by atoms with Crippen LogP contribution in [0.2, 0.25) is 0 Å². The van der Waals surface area contributed by atoms with Gasteiger partial charge in [-0.2, -0.15) is 0 Å². The average molecular weight is 467 g/mol. The first kappa shape index (κ1) is 28.2. The minimum atomic E-state index is 0.250. The quantitative estimate of drug-likeness (QED) is 0.483. The summed E-state index contributed by atoms with van der Waals surface area (Å²) in [5.41, 5.74) is 21.5. The van der Waals surface area contributed by atoms with Gasteiger partial charge in [0.15, 0.2) is 0 Å². The maximum absolute atomic E-state index is 8.58. The molecule has 1 saturated carbocycles. The number of methoxy groups -OCH3 is 1. The van der Waals surface area contributed by atoms with Crippen LogP contribution in [-0.2, 0) is 9.59 Å². The topological polar surface area (TPSA) is 160 Å². The van der Waals surface area contributed by atoms with Gasteiger partial charge in [0.1, 0.15) is 13.1 Å². The average Bonchev–Trinajstić information content (AvgIpc) is 3.59. The normalized spacial score (nSPS) is 12.4. The Hall–Kier alpha value is -3.85. The Balaban J connectivity index is 0.000000400. The number of hydrogen-bond donors (Lipinski definition) is 3. The van der Waals surface area contributed by atoms with E-state index in [1.54, 1.807) is 13.3 Å². The standard InChI is InChI=1S/C17H16N4O.C6H13N.CH3NO.CH2O/c1-11-15(7-14(18)9-19-11)12-4-3-5-13(6-12)16-8-17(22-2)21-10-20-16;1-6(2-3-6)4-5-7;2-1-3;1-2/h3-10H,18H2,1-2H3;2-5,7H2,1H3;1H,(H2,2,3);1H2. The fraction of sp³-hybridized carbons (Fsp3) is 0.320. The first-order valence-corrected chi connectivity index (χ1v) is 10.7. The number of aryl methyl sites for hydroxylation is 1. The number of hydrogen-bond acceptors (Lipinski definition) is 8. The third kappa shape index (κ3) is 8.95. The fourth-order valence-corrected chi connectivity index (χ4v) is 3.11. The molecule has 34 heavy (non-hydrogen) atoms. The monoisotopic (exact) mass is 466 g/mol. The van der Waals surface area contributed by atoms with Crippen LogP contribution in [0.25, 0.3) is 22.4 Å². The molecule has 3 aromatic rings. The molecule has 1 aromatic carbocycles. The summed E-state index contributed by atoms with van der Waals surface area (Å²) in [6.07, 6.45) is 7.45. The minimum Gasteiger partial charge on any atom is -0.481 e. The first-order valence-electron chi connectivity index (χ1n) is 10.7. The van der Waals surface area contributed by atoms with Crippen molar-refractivity contribution in [3.63, 3.8) is 0 Å². The molecule has 0 saturated heterocycles. The van der Waals surface area contributed by atoms with Crippen LogP contribution < -0.4 is 21.9 Å². The Kier molecular flexibility index (Phi) is 11.9. The van der Waals surface area contributed by atoms with Crippen molar-refractivity contribution in [3.05, 3.63) is 54.6 Å². The van der Waals surface area contributed by atoms with Gasteiger partial charge in [0.25, 0.3) is 0 Å². The lowest BCUT2D eigenvalue weighted by Crippen LogP contribution is -2.04. The Bertz CT molecular complexity index is 1040. The van der Waals surface area contributed by atoms with Gasteiger partial charge in [0.05, 0.1) is 24.7 Å². The van der Waals surface area contributed by atoms with Gasteiger partial charge in [-0.15, -0.1) is 0 Å². The van der Waals surface area contributed by atoms with Gasteiger partial charge in [-0.25, -0.2) is 9.97 Å². The zero-order valence-electron chi connectivity index (χ0n) is 20.0. The molecule has 1 amide bonds. The zero-order chi connectivity index (χ0) is 25.6. The number of carbonyl (C=O) groups is 2. The molecule has 0 radical (unpaired) electrons. The number of carbonyl (C=O) groups excluding carboxylic acids is 2. The van der Waals surface area contributed by atoms with E-state index in [0.29, 0.717) is 17.0 Å². The Labute approximate surface area is 200 Å². The summed E-state index contributed by atoms with van der Waals surface area (Å²) in [5, 5.41) is 0. The maximum atomic E-state index is 8.58. The van der Waals surface area contributed by atoms with Crippen LogP contribution >= 0.6 is 0 Å². The number of nitrogens with two attached hydrogens (primary N) is 3. The summed E-state index contributed by atoms with van der Waals surface area (Å²) < 4.78 is 5.15. The molecular formula is C25H34N6O3. The summed E-state index contributed by atoms with van der Waals surface area (Å²) in [4.78, 5) is 29.2. The van der Waals surface area contributed by atoms with E-state index in [2.05, 4.69) is 33.7 Å². The van der Waals surface area contributed by atoms with Crippen molar-refractivity contribution in [3.8, 4) is 28.3 Å². The van der Waals surface area contributed by atoms with Gasteiger partial charge in [-0.05, 0) is 55.8 Å². The van der Waals surface area contributed by atoms with E-state index >= 15 is 0 Å². The number of aromatic nitrogens is 3. The van der Waals surface area contributed by atoms with E-state index < -0.39 is 0 Å². The number of benzene rings is 1. The van der Waals surface area contributed by atoms with Crippen molar-refractivity contribution in [2.75, 3.05) is 19.4 Å². The van der Waals surface area contributed by atoms with Crippen molar-refractivity contribution in [1.29, 1.82) is 0 Å². The van der Waals surface area contributed by atoms with Crippen LogP contribution in [0, 0.1) is 12.3 Å². The molecule has 0 aliphatic heterocycles.